The van der Waals surface area contributed by atoms with Crippen LogP contribution < -0.4 is 10.6 Å². The number of nitrogens with one attached hydrogen (secondary N) is 2. The van der Waals surface area contributed by atoms with Gasteiger partial charge in [-0.15, -0.1) is 0 Å². The molecule has 2 atom stereocenters. The molecule has 0 unspecified atom stereocenters. The van der Waals surface area contributed by atoms with Gasteiger partial charge in [0.2, 0.25) is 5.91 Å². The molecule has 10 heteroatoms. The standard InChI is InChI=1S/C17H22N2O8/c1-26-14(21)8-7-12(16(23)24)18-15(22)13(9-20)19-17(25)27-10-11-5-3-2-4-6-11/h2-6,12-13,20H,7-10H2,1H3,(H,18,22)(H,19,25)(H,23,24)/t12-,13+/m1/s1. The maximum Gasteiger partial charge on any atom is 0.408 e. The fraction of sp³-hybridized carbons (Fsp3) is 0.412. The van der Waals surface area contributed by atoms with Crippen molar-refractivity contribution in [2.24, 2.45) is 0 Å². The van der Waals surface area contributed by atoms with E-state index in [0.29, 0.717) is 0 Å². The van der Waals surface area contributed by atoms with Gasteiger partial charge in [0.15, 0.2) is 0 Å². The monoisotopic (exact) mass is 382 g/mol. The van der Waals surface area contributed by atoms with Crippen LogP contribution in [0.1, 0.15) is 18.4 Å². The van der Waals surface area contributed by atoms with Crippen LogP contribution in [-0.2, 0) is 30.5 Å². The normalized spacial score (nSPS) is 12.4. The number of aliphatic hydroxyl groups is 1. The van der Waals surface area contributed by atoms with Crippen LogP contribution in [0.25, 0.3) is 0 Å². The van der Waals surface area contributed by atoms with E-state index < -0.39 is 42.6 Å². The molecule has 0 spiro atoms. The Bertz CT molecular complexity index is 650. The molecular formula is C17H22N2O8. The van der Waals surface area contributed by atoms with Crippen LogP contribution in [0.15, 0.2) is 30.3 Å². The second kappa shape index (κ2) is 11.5. The summed E-state index contributed by atoms with van der Waals surface area (Å²) >= 11 is 0. The number of esters is 1. The Balaban J connectivity index is 2.54. The second-order valence-electron chi connectivity index (χ2n) is 5.46. The van der Waals surface area contributed by atoms with Crippen LogP contribution in [0.5, 0.6) is 0 Å². The molecule has 0 heterocycles. The Morgan fingerprint density at radius 3 is 2.30 bits per heavy atom. The van der Waals surface area contributed by atoms with Gasteiger partial charge >= 0.3 is 18.0 Å². The minimum absolute atomic E-state index is 0.0384. The molecular weight excluding hydrogens is 360 g/mol. The van der Waals surface area contributed by atoms with Crippen molar-refractivity contribution in [2.75, 3.05) is 13.7 Å². The third-order valence-corrected chi connectivity index (χ3v) is 3.48. The van der Waals surface area contributed by atoms with E-state index in [1.54, 1.807) is 30.3 Å². The maximum atomic E-state index is 12.1. The molecule has 0 saturated heterocycles. The highest BCUT2D eigenvalue weighted by Gasteiger charge is 2.27. The van der Waals surface area contributed by atoms with Crippen molar-refractivity contribution >= 4 is 23.9 Å². The number of ether oxygens (including phenoxy) is 2. The van der Waals surface area contributed by atoms with Gasteiger partial charge in [0.25, 0.3) is 0 Å². The van der Waals surface area contributed by atoms with E-state index in [9.17, 15) is 24.3 Å². The first-order valence-electron chi connectivity index (χ1n) is 8.05. The number of hydrogen-bond acceptors (Lipinski definition) is 7. The van der Waals surface area contributed by atoms with Gasteiger partial charge in [-0.3, -0.25) is 9.59 Å². The van der Waals surface area contributed by atoms with Gasteiger partial charge in [-0.2, -0.15) is 0 Å². The molecule has 0 bridgehead atoms. The van der Waals surface area contributed by atoms with E-state index in [2.05, 4.69) is 15.4 Å². The molecule has 2 amide bonds. The number of benzene rings is 1. The lowest BCUT2D eigenvalue weighted by Gasteiger charge is -2.19. The van der Waals surface area contributed by atoms with Gasteiger partial charge in [0.1, 0.15) is 18.7 Å². The largest absolute Gasteiger partial charge is 0.480 e. The van der Waals surface area contributed by atoms with Crippen LogP contribution >= 0.6 is 0 Å². The van der Waals surface area contributed by atoms with Crippen LogP contribution in [0, 0.1) is 0 Å². The zero-order chi connectivity index (χ0) is 20.2. The zero-order valence-corrected chi connectivity index (χ0v) is 14.7. The number of carbonyl (C=O) groups excluding carboxylic acids is 3. The first-order valence-corrected chi connectivity index (χ1v) is 8.05. The summed E-state index contributed by atoms with van der Waals surface area (Å²) in [5, 5.41) is 22.7. The van der Waals surface area contributed by atoms with Crippen molar-refractivity contribution in [3.05, 3.63) is 35.9 Å². The third kappa shape index (κ3) is 8.19. The summed E-state index contributed by atoms with van der Waals surface area (Å²) in [6, 6.07) is 6.02. The fourth-order valence-electron chi connectivity index (χ4n) is 2.00. The first kappa shape index (κ1) is 21.9. The van der Waals surface area contributed by atoms with E-state index in [4.69, 9.17) is 9.84 Å². The molecule has 4 N–H and O–H groups in total. The molecule has 0 aliphatic carbocycles. The van der Waals surface area contributed by atoms with Crippen molar-refractivity contribution in [2.45, 2.75) is 31.5 Å². The molecule has 0 saturated carbocycles. The number of hydrogen-bond donors (Lipinski definition) is 4. The van der Waals surface area contributed by atoms with Crippen LogP contribution in [0.4, 0.5) is 4.79 Å². The highest BCUT2D eigenvalue weighted by Crippen LogP contribution is 2.02. The molecule has 1 aromatic rings. The first-order chi connectivity index (χ1) is 12.9. The summed E-state index contributed by atoms with van der Waals surface area (Å²) in [4.78, 5) is 46.1. The highest BCUT2D eigenvalue weighted by atomic mass is 16.5. The van der Waals surface area contributed by atoms with Gasteiger partial charge in [-0.25, -0.2) is 9.59 Å². The SMILES string of the molecule is COC(=O)CC[C@@H](NC(=O)[C@H](CO)NC(=O)OCc1ccccc1)C(=O)O. The Morgan fingerprint density at radius 2 is 1.74 bits per heavy atom. The molecule has 10 nitrogen and oxygen atoms in total. The van der Waals surface area contributed by atoms with E-state index in [0.717, 1.165) is 12.7 Å². The van der Waals surface area contributed by atoms with E-state index >= 15 is 0 Å². The minimum Gasteiger partial charge on any atom is -0.480 e. The molecule has 0 fully saturated rings. The van der Waals surface area contributed by atoms with Gasteiger partial charge in [-0.05, 0) is 12.0 Å². The number of carboxylic acid groups (broad SMARTS) is 1. The minimum atomic E-state index is -1.41. The Labute approximate surface area is 155 Å². The second-order valence-corrected chi connectivity index (χ2v) is 5.46. The topological polar surface area (TPSA) is 151 Å². The zero-order valence-electron chi connectivity index (χ0n) is 14.7. The van der Waals surface area contributed by atoms with Crippen molar-refractivity contribution in [1.29, 1.82) is 0 Å². The third-order valence-electron chi connectivity index (χ3n) is 3.48. The summed E-state index contributed by atoms with van der Waals surface area (Å²) in [7, 11) is 1.16. The number of aliphatic hydroxyl groups excluding tert-OH is 1. The van der Waals surface area contributed by atoms with Gasteiger partial charge < -0.3 is 30.3 Å². The number of rotatable bonds is 10. The molecule has 1 rings (SSSR count). The lowest BCUT2D eigenvalue weighted by atomic mass is 10.1. The van der Waals surface area contributed by atoms with Crippen molar-refractivity contribution < 1.29 is 38.9 Å². The van der Waals surface area contributed by atoms with Gasteiger partial charge in [0.05, 0.1) is 13.7 Å². The highest BCUT2D eigenvalue weighted by molar-refractivity contribution is 5.89. The quantitative estimate of drug-likeness (QED) is 0.406. The summed E-state index contributed by atoms with van der Waals surface area (Å²) in [6.45, 7) is -0.807. The molecule has 148 valence electrons. The lowest BCUT2D eigenvalue weighted by molar-refractivity contribution is -0.144. The van der Waals surface area contributed by atoms with Gasteiger partial charge in [-0.1, -0.05) is 30.3 Å². The van der Waals surface area contributed by atoms with Crippen molar-refractivity contribution in [1.82, 2.24) is 10.6 Å². The van der Waals surface area contributed by atoms with Gasteiger partial charge in [0, 0.05) is 6.42 Å². The lowest BCUT2D eigenvalue weighted by Crippen LogP contribution is -2.53. The Kier molecular flexibility index (Phi) is 9.30. The summed E-state index contributed by atoms with van der Waals surface area (Å²) in [6.07, 6.45) is -1.37. The molecule has 27 heavy (non-hydrogen) atoms. The van der Waals surface area contributed by atoms with E-state index in [-0.39, 0.29) is 19.4 Å². The summed E-state index contributed by atoms with van der Waals surface area (Å²) < 4.78 is 9.35. The summed E-state index contributed by atoms with van der Waals surface area (Å²) in [5.74, 6) is -2.92. The van der Waals surface area contributed by atoms with Crippen LogP contribution in [0.2, 0.25) is 0 Å². The average molecular weight is 382 g/mol. The van der Waals surface area contributed by atoms with Crippen molar-refractivity contribution in [3.63, 3.8) is 0 Å². The fourth-order valence-corrected chi connectivity index (χ4v) is 2.00. The predicted molar refractivity (Wildman–Crippen MR) is 91.5 cm³/mol. The molecule has 0 aliphatic rings. The van der Waals surface area contributed by atoms with E-state index in [1.165, 1.54) is 0 Å². The molecule has 0 aliphatic heterocycles. The number of alkyl carbamates (subject to hydrolysis) is 1. The number of carboxylic acids is 1. The number of aliphatic carboxylic acids is 1. The van der Waals surface area contributed by atoms with Crippen molar-refractivity contribution in [3.8, 4) is 0 Å². The maximum absolute atomic E-state index is 12.1. The average Bonchev–Trinajstić information content (AvgIpc) is 2.67. The molecule has 0 radical (unpaired) electrons. The van der Waals surface area contributed by atoms with Crippen LogP contribution in [0.3, 0.4) is 0 Å². The Hall–Kier alpha value is -3.14. The summed E-state index contributed by atoms with van der Waals surface area (Å²) in [5.41, 5.74) is 0.728. The number of methoxy groups -OCH3 is 1. The van der Waals surface area contributed by atoms with E-state index in [1.807, 2.05) is 0 Å². The molecule has 0 aromatic heterocycles. The molecule has 1 aromatic carbocycles. The Morgan fingerprint density at radius 1 is 1.07 bits per heavy atom. The number of amides is 2. The predicted octanol–water partition coefficient (Wildman–Crippen LogP) is -0.204. The smallest absolute Gasteiger partial charge is 0.408 e. The number of carbonyl (C=O) groups is 4. The van der Waals surface area contributed by atoms with Crippen LogP contribution in [-0.4, -0.2) is 60.0 Å².